The van der Waals surface area contributed by atoms with Crippen LogP contribution in [0.2, 0.25) is 0 Å². The Bertz CT molecular complexity index is 647. The van der Waals surface area contributed by atoms with Crippen LogP contribution in [0.1, 0.15) is 6.92 Å². The lowest BCUT2D eigenvalue weighted by molar-refractivity contribution is -0.384. The van der Waals surface area contributed by atoms with Crippen molar-refractivity contribution in [2.75, 3.05) is 27.2 Å². The number of carbonyl (C=O) groups is 3. The Morgan fingerprint density at radius 2 is 1.88 bits per heavy atom. The summed E-state index contributed by atoms with van der Waals surface area (Å²) in [5, 5.41) is 12.3. The molecule has 0 saturated carbocycles. The van der Waals surface area contributed by atoms with Gasteiger partial charge >= 0.3 is 5.97 Å². The Hall–Kier alpha value is -2.62. The molecule has 2 amide bonds. The van der Waals surface area contributed by atoms with E-state index in [0.717, 1.165) is 11.8 Å². The first-order valence-corrected chi connectivity index (χ1v) is 8.13. The highest BCUT2D eigenvalue weighted by Crippen LogP contribution is 2.25. The highest BCUT2D eigenvalue weighted by molar-refractivity contribution is 8.00. The fraction of sp³-hybridized carbons (Fsp3) is 0.400. The van der Waals surface area contributed by atoms with E-state index in [4.69, 9.17) is 4.74 Å². The first-order valence-electron chi connectivity index (χ1n) is 7.25. The van der Waals surface area contributed by atoms with Gasteiger partial charge in [-0.05, 0) is 19.1 Å². The summed E-state index contributed by atoms with van der Waals surface area (Å²) < 4.78 is 4.89. The first-order chi connectivity index (χ1) is 11.7. The second-order valence-electron chi connectivity index (χ2n) is 5.18. The molecule has 0 aliphatic heterocycles. The highest BCUT2D eigenvalue weighted by Gasteiger charge is 2.18. The molecule has 1 N–H and O–H groups in total. The first kappa shape index (κ1) is 20.4. The lowest BCUT2D eigenvalue weighted by Crippen LogP contribution is -2.38. The van der Waals surface area contributed by atoms with E-state index in [1.54, 1.807) is 21.0 Å². The molecule has 0 heterocycles. The van der Waals surface area contributed by atoms with Crippen molar-refractivity contribution in [1.82, 2.24) is 10.2 Å². The highest BCUT2D eigenvalue weighted by atomic mass is 32.2. The van der Waals surface area contributed by atoms with Crippen LogP contribution in [0, 0.1) is 10.1 Å². The number of nitrogens with zero attached hydrogens (tertiary/aromatic N) is 2. The predicted molar refractivity (Wildman–Crippen MR) is 91.1 cm³/mol. The van der Waals surface area contributed by atoms with Crippen LogP contribution in [0.25, 0.3) is 0 Å². The van der Waals surface area contributed by atoms with Gasteiger partial charge in [0.05, 0.1) is 11.5 Å². The van der Waals surface area contributed by atoms with E-state index in [-0.39, 0.29) is 18.1 Å². The Balaban J connectivity index is 2.40. The summed E-state index contributed by atoms with van der Waals surface area (Å²) in [6, 6.07) is 5.75. The maximum atomic E-state index is 11.9. The number of benzene rings is 1. The van der Waals surface area contributed by atoms with Gasteiger partial charge in [-0.25, -0.2) is 0 Å². The molecular weight excluding hydrogens is 350 g/mol. The van der Waals surface area contributed by atoms with Crippen molar-refractivity contribution in [3.63, 3.8) is 0 Å². The van der Waals surface area contributed by atoms with Crippen molar-refractivity contribution < 1.29 is 24.0 Å². The van der Waals surface area contributed by atoms with Gasteiger partial charge in [-0.2, -0.15) is 0 Å². The van der Waals surface area contributed by atoms with E-state index >= 15 is 0 Å². The van der Waals surface area contributed by atoms with Gasteiger partial charge in [0.1, 0.15) is 5.25 Å². The zero-order chi connectivity index (χ0) is 19.0. The molecule has 1 aromatic rings. The van der Waals surface area contributed by atoms with Gasteiger partial charge in [-0.3, -0.25) is 24.5 Å². The lowest BCUT2D eigenvalue weighted by Gasteiger charge is -2.12. The average Bonchev–Trinajstić information content (AvgIpc) is 2.57. The maximum absolute atomic E-state index is 11.9. The van der Waals surface area contributed by atoms with Crippen LogP contribution in [0.3, 0.4) is 0 Å². The van der Waals surface area contributed by atoms with E-state index < -0.39 is 28.7 Å². The quantitative estimate of drug-likeness (QED) is 0.312. The molecule has 25 heavy (non-hydrogen) atoms. The van der Waals surface area contributed by atoms with Gasteiger partial charge in [0.2, 0.25) is 5.91 Å². The molecule has 0 aliphatic carbocycles. The minimum atomic E-state index is -0.600. The maximum Gasteiger partial charge on any atom is 0.319 e. The van der Waals surface area contributed by atoms with Crippen molar-refractivity contribution in [2.45, 2.75) is 17.1 Å². The van der Waals surface area contributed by atoms with Gasteiger partial charge in [-0.1, -0.05) is 0 Å². The number of ether oxygens (including phenoxy) is 1. The number of nitro benzene ring substituents is 1. The third-order valence-corrected chi connectivity index (χ3v) is 4.06. The molecule has 10 heteroatoms. The van der Waals surface area contributed by atoms with Crippen molar-refractivity contribution in [1.29, 1.82) is 0 Å². The molecule has 1 aromatic carbocycles. The van der Waals surface area contributed by atoms with Gasteiger partial charge in [0.15, 0.2) is 6.61 Å². The smallest absolute Gasteiger partial charge is 0.319 e. The number of non-ortho nitro benzene ring substituents is 1. The molecule has 0 radical (unpaired) electrons. The minimum absolute atomic E-state index is 0.0384. The summed E-state index contributed by atoms with van der Waals surface area (Å²) in [5.41, 5.74) is -0.0384. The molecule has 0 saturated heterocycles. The Labute approximate surface area is 148 Å². The molecule has 0 aliphatic rings. The largest absolute Gasteiger partial charge is 0.455 e. The second-order valence-corrected chi connectivity index (χ2v) is 6.60. The fourth-order valence-electron chi connectivity index (χ4n) is 1.54. The monoisotopic (exact) mass is 369 g/mol. The van der Waals surface area contributed by atoms with E-state index in [1.165, 1.54) is 29.2 Å². The Kier molecular flexibility index (Phi) is 7.86. The van der Waals surface area contributed by atoms with E-state index in [9.17, 15) is 24.5 Å². The van der Waals surface area contributed by atoms with E-state index in [1.807, 2.05) is 0 Å². The summed E-state index contributed by atoms with van der Waals surface area (Å²) in [7, 11) is 3.12. The molecular formula is C15H19N3O6S. The van der Waals surface area contributed by atoms with Crippen LogP contribution >= 0.6 is 11.8 Å². The van der Waals surface area contributed by atoms with Crippen LogP contribution in [-0.4, -0.2) is 60.1 Å². The number of likely N-dealkylation sites (N-methyl/N-ethyl adjacent to an activating group) is 1. The summed E-state index contributed by atoms with van der Waals surface area (Å²) >= 11 is 1.16. The number of carbonyl (C=O) groups excluding carboxylic acids is 3. The van der Waals surface area contributed by atoms with Crippen LogP contribution in [0.15, 0.2) is 29.2 Å². The van der Waals surface area contributed by atoms with Crippen molar-refractivity contribution in [2.24, 2.45) is 0 Å². The number of nitro groups is 1. The Morgan fingerprint density at radius 3 is 2.40 bits per heavy atom. The third kappa shape index (κ3) is 7.21. The molecule has 0 spiro atoms. The average molecular weight is 369 g/mol. The number of amides is 2. The van der Waals surface area contributed by atoms with Gasteiger partial charge in [-0.15, -0.1) is 11.8 Å². The number of nitrogens with one attached hydrogen (secondary N) is 1. The molecule has 0 unspecified atom stereocenters. The minimum Gasteiger partial charge on any atom is -0.455 e. The SMILES string of the molecule is C[C@@H](Sc1ccc([N+](=O)[O-])cc1)C(=O)OCC(=O)NCC(=O)N(C)C. The van der Waals surface area contributed by atoms with E-state index in [0.29, 0.717) is 4.90 Å². The number of hydrogen-bond donors (Lipinski definition) is 1. The lowest BCUT2D eigenvalue weighted by atomic mass is 10.3. The standard InChI is InChI=1S/C15H19N3O6S/c1-10(25-12-6-4-11(5-7-12)18(22)23)15(21)24-9-13(19)16-8-14(20)17(2)3/h4-7,10H,8-9H2,1-3H3,(H,16,19)/t10-/m1/s1. The van der Waals surface area contributed by atoms with Crippen LogP contribution in [-0.2, 0) is 19.1 Å². The van der Waals surface area contributed by atoms with Gasteiger partial charge in [0.25, 0.3) is 11.6 Å². The van der Waals surface area contributed by atoms with Crippen LogP contribution < -0.4 is 5.32 Å². The van der Waals surface area contributed by atoms with E-state index in [2.05, 4.69) is 5.32 Å². The van der Waals surface area contributed by atoms with Crippen LogP contribution in [0.5, 0.6) is 0 Å². The van der Waals surface area contributed by atoms with Gasteiger partial charge < -0.3 is 15.0 Å². The van der Waals surface area contributed by atoms with Gasteiger partial charge in [0, 0.05) is 31.1 Å². The summed E-state index contributed by atoms with van der Waals surface area (Å²) in [6.45, 7) is 0.947. The zero-order valence-electron chi connectivity index (χ0n) is 14.1. The van der Waals surface area contributed by atoms with Crippen molar-refractivity contribution in [3.8, 4) is 0 Å². The number of thioether (sulfide) groups is 1. The molecule has 0 fully saturated rings. The number of rotatable bonds is 8. The third-order valence-electron chi connectivity index (χ3n) is 2.97. The summed E-state index contributed by atoms with van der Waals surface area (Å²) in [6.07, 6.45) is 0. The molecule has 1 atom stereocenters. The normalized spacial score (nSPS) is 11.3. The molecule has 136 valence electrons. The number of esters is 1. The fourth-order valence-corrected chi connectivity index (χ4v) is 2.40. The zero-order valence-corrected chi connectivity index (χ0v) is 14.9. The molecule has 1 rings (SSSR count). The number of hydrogen-bond acceptors (Lipinski definition) is 7. The van der Waals surface area contributed by atoms with Crippen LogP contribution in [0.4, 0.5) is 5.69 Å². The molecule has 0 bridgehead atoms. The predicted octanol–water partition coefficient (Wildman–Crippen LogP) is 0.823. The van der Waals surface area contributed by atoms with Crippen molar-refractivity contribution in [3.05, 3.63) is 34.4 Å². The second kappa shape index (κ2) is 9.62. The molecule has 9 nitrogen and oxygen atoms in total. The molecule has 0 aromatic heterocycles. The summed E-state index contributed by atoms with van der Waals surface area (Å²) in [4.78, 5) is 46.8. The Morgan fingerprint density at radius 1 is 1.28 bits per heavy atom. The topological polar surface area (TPSA) is 119 Å². The summed E-state index contributed by atoms with van der Waals surface area (Å²) in [5.74, 6) is -1.45. The van der Waals surface area contributed by atoms with Crippen molar-refractivity contribution >= 4 is 35.2 Å².